The van der Waals surface area contributed by atoms with Crippen molar-refractivity contribution in [1.82, 2.24) is 14.9 Å². The van der Waals surface area contributed by atoms with E-state index in [2.05, 4.69) is 15.3 Å². The molecule has 10 heteroatoms. The summed E-state index contributed by atoms with van der Waals surface area (Å²) in [6.45, 7) is 0.715. The number of carbonyl (C=O) groups is 1. The molecule has 0 atom stereocenters. The zero-order valence-corrected chi connectivity index (χ0v) is 13.5. The van der Waals surface area contributed by atoms with E-state index in [1.54, 1.807) is 0 Å². The lowest BCUT2D eigenvalue weighted by molar-refractivity contribution is 0.0870. The fraction of sp³-hybridized carbons (Fsp3) is 0.312. The first-order valence-corrected chi connectivity index (χ1v) is 7.80. The molecule has 0 bridgehead atoms. The normalized spacial score (nSPS) is 15.0. The molecule has 0 spiro atoms. The minimum atomic E-state index is -1.28. The number of benzene rings is 1. The average molecular weight is 368 g/mol. The minimum Gasteiger partial charge on any atom is -0.474 e. The number of likely N-dealkylation sites (tertiary alicyclic amines) is 1. The predicted octanol–water partition coefficient (Wildman–Crippen LogP) is 3.16. The van der Waals surface area contributed by atoms with Gasteiger partial charge in [0, 0.05) is 44.1 Å². The number of nitrogens with one attached hydrogen (secondary N) is 1. The third kappa shape index (κ3) is 4.13. The first-order valence-electron chi connectivity index (χ1n) is 7.80. The quantitative estimate of drug-likeness (QED) is 0.806. The molecule has 1 aliphatic heterocycles. The maximum atomic E-state index is 13.7. The van der Waals surface area contributed by atoms with Crippen LogP contribution in [0.15, 0.2) is 24.5 Å². The van der Waals surface area contributed by atoms with E-state index in [4.69, 9.17) is 9.84 Å². The van der Waals surface area contributed by atoms with Crippen molar-refractivity contribution in [2.45, 2.75) is 18.9 Å². The van der Waals surface area contributed by atoms with Gasteiger partial charge in [-0.1, -0.05) is 0 Å². The fourth-order valence-corrected chi connectivity index (χ4v) is 2.56. The molecule has 138 valence electrons. The zero-order chi connectivity index (χ0) is 18.7. The number of carboxylic acid groups (broad SMARTS) is 1. The Balaban J connectivity index is 1.66. The number of ether oxygens (including phenoxy) is 1. The summed E-state index contributed by atoms with van der Waals surface area (Å²) in [5, 5.41) is 11.5. The number of hydrogen-bond donors (Lipinski definition) is 2. The number of anilines is 2. The molecule has 1 fully saturated rings. The van der Waals surface area contributed by atoms with Gasteiger partial charge in [0.2, 0.25) is 5.88 Å². The molecule has 7 nitrogen and oxygen atoms in total. The number of nitrogens with zero attached hydrogens (tertiary/aromatic N) is 3. The van der Waals surface area contributed by atoms with Gasteiger partial charge in [-0.2, -0.15) is 0 Å². The van der Waals surface area contributed by atoms with Gasteiger partial charge in [-0.3, -0.25) is 0 Å². The highest BCUT2D eigenvalue weighted by Gasteiger charge is 2.23. The molecule has 1 saturated heterocycles. The van der Waals surface area contributed by atoms with Crippen LogP contribution in [0.2, 0.25) is 0 Å². The van der Waals surface area contributed by atoms with Crippen LogP contribution >= 0.6 is 0 Å². The van der Waals surface area contributed by atoms with Crippen LogP contribution in [0.25, 0.3) is 0 Å². The second-order valence-corrected chi connectivity index (χ2v) is 5.70. The summed E-state index contributed by atoms with van der Waals surface area (Å²) >= 11 is 0. The number of piperidine rings is 1. The van der Waals surface area contributed by atoms with Gasteiger partial charge in [0.25, 0.3) is 0 Å². The van der Waals surface area contributed by atoms with Crippen molar-refractivity contribution < 1.29 is 27.8 Å². The van der Waals surface area contributed by atoms with Crippen molar-refractivity contribution in [3.63, 3.8) is 0 Å². The van der Waals surface area contributed by atoms with E-state index >= 15 is 0 Å². The third-order valence-electron chi connectivity index (χ3n) is 3.91. The Morgan fingerprint density at radius 3 is 2.50 bits per heavy atom. The van der Waals surface area contributed by atoms with Crippen molar-refractivity contribution in [2.24, 2.45) is 0 Å². The van der Waals surface area contributed by atoms with Crippen molar-refractivity contribution in [3.8, 4) is 5.88 Å². The van der Waals surface area contributed by atoms with Crippen LogP contribution in [0.5, 0.6) is 5.88 Å². The van der Waals surface area contributed by atoms with Crippen LogP contribution in [0.1, 0.15) is 12.8 Å². The lowest BCUT2D eigenvalue weighted by Gasteiger charge is -2.29. The third-order valence-corrected chi connectivity index (χ3v) is 3.91. The summed E-state index contributed by atoms with van der Waals surface area (Å²) < 4.78 is 45.6. The van der Waals surface area contributed by atoms with Crippen molar-refractivity contribution in [1.29, 1.82) is 0 Å². The second kappa shape index (κ2) is 7.46. The molecule has 0 unspecified atom stereocenters. The molecule has 1 aromatic carbocycles. The standard InChI is InChI=1S/C16H15F3N4O3/c17-10-5-12(19)13(6-11(10)18)22-14-7-15(21-8-20-14)26-9-1-3-23(4-2-9)16(24)25/h5-9H,1-4H2,(H,24,25)(H,20,21,22). The summed E-state index contributed by atoms with van der Waals surface area (Å²) in [5.41, 5.74) is -0.275. The molecular weight excluding hydrogens is 353 g/mol. The Bertz CT molecular complexity index is 813. The van der Waals surface area contributed by atoms with Gasteiger partial charge in [-0.25, -0.2) is 27.9 Å². The molecule has 1 aromatic heterocycles. The largest absolute Gasteiger partial charge is 0.474 e. The van der Waals surface area contributed by atoms with Crippen LogP contribution in [0.3, 0.4) is 0 Å². The number of hydrogen-bond acceptors (Lipinski definition) is 5. The van der Waals surface area contributed by atoms with Gasteiger partial charge in [0.05, 0.1) is 5.69 Å². The van der Waals surface area contributed by atoms with E-state index in [1.807, 2.05) is 0 Å². The highest BCUT2D eigenvalue weighted by molar-refractivity contribution is 5.65. The van der Waals surface area contributed by atoms with Crippen LogP contribution in [-0.4, -0.2) is 45.3 Å². The summed E-state index contributed by atoms with van der Waals surface area (Å²) in [4.78, 5) is 20.0. The average Bonchev–Trinajstić information content (AvgIpc) is 2.60. The van der Waals surface area contributed by atoms with Crippen LogP contribution in [0.4, 0.5) is 29.5 Å². The maximum Gasteiger partial charge on any atom is 0.407 e. The molecule has 26 heavy (non-hydrogen) atoms. The molecule has 1 aliphatic rings. The van der Waals surface area contributed by atoms with Gasteiger partial charge >= 0.3 is 6.09 Å². The zero-order valence-electron chi connectivity index (χ0n) is 13.5. The van der Waals surface area contributed by atoms with E-state index in [1.165, 1.54) is 17.3 Å². The molecule has 2 N–H and O–H groups in total. The number of rotatable bonds is 4. The SMILES string of the molecule is O=C(O)N1CCC(Oc2cc(Nc3cc(F)c(F)cc3F)ncn2)CC1. The first kappa shape index (κ1) is 17.8. The Morgan fingerprint density at radius 1 is 1.12 bits per heavy atom. The molecule has 3 rings (SSSR count). The van der Waals surface area contributed by atoms with Crippen molar-refractivity contribution in [3.05, 3.63) is 42.0 Å². The number of aromatic nitrogens is 2. The van der Waals surface area contributed by atoms with Gasteiger partial charge in [0.15, 0.2) is 11.6 Å². The minimum absolute atomic E-state index is 0.142. The van der Waals surface area contributed by atoms with E-state index in [-0.39, 0.29) is 23.5 Å². The summed E-state index contributed by atoms with van der Waals surface area (Å²) in [5.74, 6) is -3.09. The van der Waals surface area contributed by atoms with E-state index < -0.39 is 23.5 Å². The van der Waals surface area contributed by atoms with Gasteiger partial charge < -0.3 is 20.1 Å². The van der Waals surface area contributed by atoms with Crippen LogP contribution < -0.4 is 10.1 Å². The number of halogens is 3. The van der Waals surface area contributed by atoms with E-state index in [0.29, 0.717) is 38.1 Å². The van der Waals surface area contributed by atoms with E-state index in [9.17, 15) is 18.0 Å². The molecule has 1 amide bonds. The molecule has 0 radical (unpaired) electrons. The molecule has 0 saturated carbocycles. The lowest BCUT2D eigenvalue weighted by atomic mass is 10.1. The fourth-order valence-electron chi connectivity index (χ4n) is 2.56. The van der Waals surface area contributed by atoms with E-state index in [0.717, 1.165) is 0 Å². The first-order chi connectivity index (χ1) is 12.4. The van der Waals surface area contributed by atoms with Crippen LogP contribution in [-0.2, 0) is 0 Å². The molecule has 2 aromatic rings. The molecule has 0 aliphatic carbocycles. The topological polar surface area (TPSA) is 87.6 Å². The monoisotopic (exact) mass is 368 g/mol. The number of amides is 1. The van der Waals surface area contributed by atoms with Crippen molar-refractivity contribution in [2.75, 3.05) is 18.4 Å². The maximum absolute atomic E-state index is 13.7. The Labute approximate surface area is 146 Å². The summed E-state index contributed by atoms with van der Waals surface area (Å²) in [6, 6.07) is 2.52. The second-order valence-electron chi connectivity index (χ2n) is 5.70. The Kier molecular flexibility index (Phi) is 5.10. The molecule has 2 heterocycles. The lowest BCUT2D eigenvalue weighted by Crippen LogP contribution is -2.41. The summed E-state index contributed by atoms with van der Waals surface area (Å²) in [7, 11) is 0. The van der Waals surface area contributed by atoms with Crippen molar-refractivity contribution >= 4 is 17.6 Å². The Morgan fingerprint density at radius 2 is 1.81 bits per heavy atom. The predicted molar refractivity (Wildman–Crippen MR) is 84.9 cm³/mol. The van der Waals surface area contributed by atoms with Gasteiger partial charge in [0.1, 0.15) is 24.1 Å². The van der Waals surface area contributed by atoms with Gasteiger partial charge in [-0.15, -0.1) is 0 Å². The smallest absolute Gasteiger partial charge is 0.407 e. The van der Waals surface area contributed by atoms with Gasteiger partial charge in [-0.05, 0) is 0 Å². The van der Waals surface area contributed by atoms with Crippen LogP contribution in [0, 0.1) is 17.5 Å². The molecular formula is C16H15F3N4O3. The summed E-state index contributed by atoms with van der Waals surface area (Å²) in [6.07, 6.45) is 1.02. The highest BCUT2D eigenvalue weighted by atomic mass is 19.2. The Hall–Kier alpha value is -3.04. The highest BCUT2D eigenvalue weighted by Crippen LogP contribution is 2.24.